The zero-order valence-corrected chi connectivity index (χ0v) is 19.2. The van der Waals surface area contributed by atoms with Crippen LogP contribution in [0.15, 0.2) is 18.2 Å². The number of nitrogens with zero attached hydrogens (tertiary/aromatic N) is 2. The fourth-order valence-corrected chi connectivity index (χ4v) is 3.77. The Morgan fingerprint density at radius 2 is 2.00 bits per heavy atom. The van der Waals surface area contributed by atoms with Gasteiger partial charge in [-0.2, -0.15) is 0 Å². The average molecular weight is 420 g/mol. The zero-order valence-electron chi connectivity index (χ0n) is 19.2. The minimum absolute atomic E-state index is 0.0579. The Kier molecular flexibility index (Phi) is 9.11. The summed E-state index contributed by atoms with van der Waals surface area (Å²) in [7, 11) is 3.49. The monoisotopic (exact) mass is 419 g/mol. The smallest absolute Gasteiger partial charge is 0.257 e. The Bertz CT molecular complexity index is 724. The number of hydrogen-bond donors (Lipinski definition) is 1. The van der Waals surface area contributed by atoms with Crippen molar-refractivity contribution in [3.05, 3.63) is 23.8 Å². The van der Waals surface area contributed by atoms with Crippen LogP contribution in [0.5, 0.6) is 5.75 Å². The number of ether oxygens (including phenoxy) is 2. The quantitative estimate of drug-likeness (QED) is 0.793. The average Bonchev–Trinajstić information content (AvgIpc) is 2.73. The van der Waals surface area contributed by atoms with Crippen LogP contribution in [-0.2, 0) is 9.53 Å². The number of hydrogen-bond acceptors (Lipinski definition) is 5. The summed E-state index contributed by atoms with van der Waals surface area (Å²) in [5.74, 6) is 0.564. The molecule has 0 saturated heterocycles. The molecule has 7 heteroatoms. The van der Waals surface area contributed by atoms with Gasteiger partial charge >= 0.3 is 0 Å². The predicted octanol–water partition coefficient (Wildman–Crippen LogP) is 3.25. The van der Waals surface area contributed by atoms with Gasteiger partial charge in [0.05, 0.1) is 11.7 Å². The number of rotatable bonds is 5. The number of likely N-dealkylation sites (N-methyl/N-ethyl adjacent to an activating group) is 1. The van der Waals surface area contributed by atoms with Gasteiger partial charge < -0.3 is 19.7 Å². The first-order valence-corrected chi connectivity index (χ1v) is 10.9. The highest BCUT2D eigenvalue weighted by atomic mass is 16.5. The largest absolute Gasteiger partial charge is 0.491 e. The van der Waals surface area contributed by atoms with Crippen LogP contribution in [0.1, 0.15) is 50.9 Å². The van der Waals surface area contributed by atoms with E-state index in [1.165, 1.54) is 0 Å². The molecule has 2 rings (SSSR count). The van der Waals surface area contributed by atoms with Crippen LogP contribution in [0, 0.1) is 5.92 Å². The Morgan fingerprint density at radius 3 is 2.63 bits per heavy atom. The minimum atomic E-state index is -0.119. The molecule has 1 aliphatic rings. The summed E-state index contributed by atoms with van der Waals surface area (Å²) >= 11 is 0. The predicted molar refractivity (Wildman–Crippen MR) is 119 cm³/mol. The number of fused-ring (bicyclic) bond motifs is 1. The van der Waals surface area contributed by atoms with E-state index in [-0.39, 0.29) is 29.9 Å². The van der Waals surface area contributed by atoms with Crippen LogP contribution in [0.4, 0.5) is 5.69 Å². The normalized spacial score (nSPS) is 23.7. The van der Waals surface area contributed by atoms with E-state index in [1.807, 2.05) is 0 Å². The van der Waals surface area contributed by atoms with Crippen molar-refractivity contribution < 1.29 is 19.1 Å². The first-order chi connectivity index (χ1) is 14.3. The number of carbonyl (C=O) groups excluding carboxylic acids is 2. The molecular weight excluding hydrogens is 382 g/mol. The molecule has 0 unspecified atom stereocenters. The maximum Gasteiger partial charge on any atom is 0.257 e. The molecule has 0 spiro atoms. The molecule has 30 heavy (non-hydrogen) atoms. The molecule has 1 aromatic carbocycles. The van der Waals surface area contributed by atoms with Crippen LogP contribution in [-0.4, -0.2) is 74.2 Å². The minimum Gasteiger partial charge on any atom is -0.491 e. The van der Waals surface area contributed by atoms with E-state index in [9.17, 15) is 9.59 Å². The topological polar surface area (TPSA) is 71.1 Å². The summed E-state index contributed by atoms with van der Waals surface area (Å²) in [4.78, 5) is 29.0. The standard InChI is InChI=1S/C23H37N3O4/c1-7-11-26-13-16(3)21(29-6)14-25(5)23(28)19-10-9-18(24-22(27)8-2)12-20(19)30-15-17(26)4/h9-10,12,16-17,21H,7-8,11,13-15H2,1-6H3,(H,24,27)/t16-,17-,21+/m1/s1. The van der Waals surface area contributed by atoms with Gasteiger partial charge in [0.15, 0.2) is 0 Å². The van der Waals surface area contributed by atoms with Gasteiger partial charge in [-0.15, -0.1) is 0 Å². The van der Waals surface area contributed by atoms with E-state index in [1.54, 1.807) is 44.2 Å². The van der Waals surface area contributed by atoms with Gasteiger partial charge in [-0.1, -0.05) is 20.8 Å². The zero-order chi connectivity index (χ0) is 22.3. The number of anilines is 1. The van der Waals surface area contributed by atoms with Crippen molar-refractivity contribution in [2.45, 2.75) is 52.7 Å². The lowest BCUT2D eigenvalue weighted by Crippen LogP contribution is -2.46. The van der Waals surface area contributed by atoms with Gasteiger partial charge in [-0.25, -0.2) is 0 Å². The second-order valence-electron chi connectivity index (χ2n) is 8.20. The van der Waals surface area contributed by atoms with Gasteiger partial charge in [0, 0.05) is 51.5 Å². The van der Waals surface area contributed by atoms with Crippen molar-refractivity contribution in [1.82, 2.24) is 9.80 Å². The molecule has 1 aliphatic heterocycles. The lowest BCUT2D eigenvalue weighted by molar-refractivity contribution is -0.115. The second kappa shape index (κ2) is 11.3. The molecule has 7 nitrogen and oxygen atoms in total. The number of carbonyl (C=O) groups is 2. The van der Waals surface area contributed by atoms with E-state index < -0.39 is 0 Å². The van der Waals surface area contributed by atoms with Crippen molar-refractivity contribution >= 4 is 17.5 Å². The number of methoxy groups -OCH3 is 1. The highest BCUT2D eigenvalue weighted by molar-refractivity contribution is 5.98. The molecule has 1 N–H and O–H groups in total. The van der Waals surface area contributed by atoms with E-state index in [4.69, 9.17) is 9.47 Å². The van der Waals surface area contributed by atoms with Gasteiger partial charge in [-0.3, -0.25) is 14.5 Å². The fourth-order valence-electron chi connectivity index (χ4n) is 3.77. The molecule has 0 fully saturated rings. The second-order valence-corrected chi connectivity index (χ2v) is 8.20. The highest BCUT2D eigenvalue weighted by Crippen LogP contribution is 2.27. The first kappa shape index (κ1) is 24.2. The molecule has 3 atom stereocenters. The Labute approximate surface area is 180 Å². The maximum atomic E-state index is 13.2. The molecule has 1 heterocycles. The van der Waals surface area contributed by atoms with Gasteiger partial charge in [0.1, 0.15) is 12.4 Å². The van der Waals surface area contributed by atoms with Gasteiger partial charge in [0.2, 0.25) is 5.91 Å². The molecule has 2 amide bonds. The summed E-state index contributed by atoms with van der Waals surface area (Å²) in [6, 6.07) is 5.40. The van der Waals surface area contributed by atoms with Crippen LogP contribution < -0.4 is 10.1 Å². The highest BCUT2D eigenvalue weighted by Gasteiger charge is 2.28. The lowest BCUT2D eigenvalue weighted by Gasteiger charge is -2.35. The molecule has 0 aliphatic carbocycles. The van der Waals surface area contributed by atoms with E-state index >= 15 is 0 Å². The van der Waals surface area contributed by atoms with Crippen LogP contribution in [0.25, 0.3) is 0 Å². The van der Waals surface area contributed by atoms with Crippen LogP contribution >= 0.6 is 0 Å². The summed E-state index contributed by atoms with van der Waals surface area (Å²) in [6.07, 6.45) is 1.38. The molecule has 0 aromatic heterocycles. The molecule has 0 saturated carbocycles. The summed E-state index contributed by atoms with van der Waals surface area (Å²) < 4.78 is 11.9. The van der Waals surface area contributed by atoms with Crippen LogP contribution in [0.2, 0.25) is 0 Å². The third kappa shape index (κ3) is 6.19. The lowest BCUT2D eigenvalue weighted by atomic mass is 10.0. The first-order valence-electron chi connectivity index (χ1n) is 10.9. The third-order valence-corrected chi connectivity index (χ3v) is 5.69. The van der Waals surface area contributed by atoms with E-state index in [0.29, 0.717) is 36.6 Å². The molecule has 0 radical (unpaired) electrons. The number of nitrogens with one attached hydrogen (secondary N) is 1. The number of amides is 2. The van der Waals surface area contributed by atoms with Gasteiger partial charge in [-0.05, 0) is 37.9 Å². The van der Waals surface area contributed by atoms with E-state index in [0.717, 1.165) is 19.5 Å². The summed E-state index contributed by atoms with van der Waals surface area (Å²) in [6.45, 7) is 11.1. The third-order valence-electron chi connectivity index (χ3n) is 5.69. The molecule has 1 aromatic rings. The van der Waals surface area contributed by atoms with Crippen molar-refractivity contribution in [3.63, 3.8) is 0 Å². The molecular formula is C23H37N3O4. The van der Waals surface area contributed by atoms with Crippen molar-refractivity contribution in [1.29, 1.82) is 0 Å². The van der Waals surface area contributed by atoms with Gasteiger partial charge in [0.25, 0.3) is 5.91 Å². The number of benzene rings is 1. The van der Waals surface area contributed by atoms with Crippen molar-refractivity contribution in [2.24, 2.45) is 5.92 Å². The molecule has 0 bridgehead atoms. The molecule has 168 valence electrons. The van der Waals surface area contributed by atoms with Crippen molar-refractivity contribution in [3.8, 4) is 5.75 Å². The summed E-state index contributed by atoms with van der Waals surface area (Å²) in [5.41, 5.74) is 1.12. The maximum absolute atomic E-state index is 13.2. The Balaban J connectivity index is 2.40. The summed E-state index contributed by atoms with van der Waals surface area (Å²) in [5, 5.41) is 2.84. The SMILES string of the molecule is CCCN1C[C@@H](C)[C@@H](OC)CN(C)C(=O)c2ccc(NC(=O)CC)cc2OC[C@H]1C. The van der Waals surface area contributed by atoms with Crippen molar-refractivity contribution in [2.75, 3.05) is 45.7 Å². The van der Waals surface area contributed by atoms with Crippen LogP contribution in [0.3, 0.4) is 0 Å². The van der Waals surface area contributed by atoms with E-state index in [2.05, 4.69) is 31.0 Å². The Morgan fingerprint density at radius 1 is 1.27 bits per heavy atom. The Hall–Kier alpha value is -2.12. The fraction of sp³-hybridized carbons (Fsp3) is 0.652.